The maximum Gasteiger partial charge on any atom is 0.156 e. The van der Waals surface area contributed by atoms with Gasteiger partial charge in [-0.05, 0) is 12.1 Å². The minimum atomic E-state index is 0.301. The van der Waals surface area contributed by atoms with Crippen LogP contribution in [0.15, 0.2) is 30.7 Å². The highest BCUT2D eigenvalue weighted by atomic mass is 35.5. The molecule has 0 aliphatic heterocycles. The van der Waals surface area contributed by atoms with Crippen LogP contribution in [0.1, 0.15) is 5.56 Å². The molecule has 0 aliphatic carbocycles. The maximum atomic E-state index is 8.61. The van der Waals surface area contributed by atoms with Gasteiger partial charge in [0, 0.05) is 18.6 Å². The normalized spacial score (nSPS) is 9.60. The number of aromatic nitrogens is 3. The molecule has 0 spiro atoms. The summed E-state index contributed by atoms with van der Waals surface area (Å²) in [5.74, 6) is 0. The molecule has 0 N–H and O–H groups in total. The van der Waals surface area contributed by atoms with Gasteiger partial charge < -0.3 is 0 Å². The molecule has 0 aromatic carbocycles. The number of halogens is 1. The average Bonchev–Trinajstić information content (AvgIpc) is 2.30. The van der Waals surface area contributed by atoms with Gasteiger partial charge in [-0.1, -0.05) is 11.6 Å². The molecule has 0 saturated carbocycles. The molecule has 0 aliphatic rings. The van der Waals surface area contributed by atoms with Gasteiger partial charge in [0.2, 0.25) is 0 Å². The summed E-state index contributed by atoms with van der Waals surface area (Å²) < 4.78 is 0. The summed E-state index contributed by atoms with van der Waals surface area (Å²) in [6, 6.07) is 5.34. The Morgan fingerprint density at radius 3 is 2.53 bits per heavy atom. The monoisotopic (exact) mass is 216 g/mol. The molecule has 2 rings (SSSR count). The van der Waals surface area contributed by atoms with E-state index in [1.807, 2.05) is 6.07 Å². The number of hydrogen-bond donors (Lipinski definition) is 0. The summed E-state index contributed by atoms with van der Waals surface area (Å²) in [4.78, 5) is 12.0. The average molecular weight is 217 g/mol. The summed E-state index contributed by atoms with van der Waals surface area (Å²) in [6.45, 7) is 0. The molecule has 0 saturated heterocycles. The number of hydrogen-bond acceptors (Lipinski definition) is 4. The minimum absolute atomic E-state index is 0.301. The minimum Gasteiger partial charge on any atom is -0.253 e. The van der Waals surface area contributed by atoms with E-state index >= 15 is 0 Å². The van der Waals surface area contributed by atoms with Crippen LogP contribution in [0.2, 0.25) is 5.15 Å². The van der Waals surface area contributed by atoms with Crippen LogP contribution >= 0.6 is 11.6 Å². The lowest BCUT2D eigenvalue weighted by atomic mass is 10.2. The molecule has 15 heavy (non-hydrogen) atoms. The van der Waals surface area contributed by atoms with Gasteiger partial charge in [0.15, 0.2) is 5.15 Å². The lowest BCUT2D eigenvalue weighted by molar-refractivity contribution is 1.17. The number of nitrogens with zero attached hydrogens (tertiary/aromatic N) is 4. The van der Waals surface area contributed by atoms with E-state index in [-0.39, 0.29) is 0 Å². The molecule has 4 nitrogen and oxygen atoms in total. The SMILES string of the molecule is N#Cc1ccc(-c2nccnc2Cl)nc1. The number of pyridine rings is 1. The van der Waals surface area contributed by atoms with Gasteiger partial charge in [0.1, 0.15) is 11.8 Å². The van der Waals surface area contributed by atoms with Crippen LogP contribution in [0.3, 0.4) is 0 Å². The fraction of sp³-hybridized carbons (Fsp3) is 0. The first-order chi connectivity index (χ1) is 7.31. The van der Waals surface area contributed by atoms with E-state index < -0.39 is 0 Å². The molecular formula is C10H5ClN4. The first-order valence-corrected chi connectivity index (χ1v) is 4.52. The Kier molecular flexibility index (Phi) is 2.57. The highest BCUT2D eigenvalue weighted by Crippen LogP contribution is 2.20. The maximum absolute atomic E-state index is 8.61. The second-order valence-corrected chi connectivity index (χ2v) is 3.10. The van der Waals surface area contributed by atoms with Crippen LogP contribution in [-0.4, -0.2) is 15.0 Å². The molecule has 5 heteroatoms. The van der Waals surface area contributed by atoms with Gasteiger partial charge in [0.25, 0.3) is 0 Å². The smallest absolute Gasteiger partial charge is 0.156 e. The second kappa shape index (κ2) is 4.03. The molecule has 0 atom stereocenters. The quantitative estimate of drug-likeness (QED) is 0.732. The molecular weight excluding hydrogens is 212 g/mol. The Bertz CT molecular complexity index is 516. The van der Waals surface area contributed by atoms with Crippen LogP contribution in [0.25, 0.3) is 11.4 Å². The molecule has 0 bridgehead atoms. The molecule has 0 amide bonds. The van der Waals surface area contributed by atoms with E-state index in [4.69, 9.17) is 16.9 Å². The van der Waals surface area contributed by atoms with Crippen molar-refractivity contribution in [3.8, 4) is 17.5 Å². The van der Waals surface area contributed by atoms with Crippen LogP contribution in [-0.2, 0) is 0 Å². The lowest BCUT2D eigenvalue weighted by Crippen LogP contribution is -1.90. The Balaban J connectivity index is 2.47. The zero-order chi connectivity index (χ0) is 10.7. The van der Waals surface area contributed by atoms with E-state index in [9.17, 15) is 0 Å². The van der Waals surface area contributed by atoms with Gasteiger partial charge >= 0.3 is 0 Å². The van der Waals surface area contributed by atoms with Crippen molar-refractivity contribution in [3.63, 3.8) is 0 Å². The number of rotatable bonds is 1. The van der Waals surface area contributed by atoms with E-state index in [1.54, 1.807) is 18.3 Å². The Hall–Kier alpha value is -1.99. The van der Waals surface area contributed by atoms with Crippen LogP contribution in [0.5, 0.6) is 0 Å². The molecule has 2 heterocycles. The van der Waals surface area contributed by atoms with Gasteiger partial charge in [-0.25, -0.2) is 9.97 Å². The van der Waals surface area contributed by atoms with Crippen molar-refractivity contribution in [2.75, 3.05) is 0 Å². The van der Waals surface area contributed by atoms with E-state index in [2.05, 4.69) is 15.0 Å². The Labute approximate surface area is 91.2 Å². The predicted molar refractivity (Wildman–Crippen MR) is 55.0 cm³/mol. The molecule has 72 valence electrons. The molecule has 0 radical (unpaired) electrons. The van der Waals surface area contributed by atoms with Crippen molar-refractivity contribution in [1.29, 1.82) is 5.26 Å². The first-order valence-electron chi connectivity index (χ1n) is 4.14. The summed E-state index contributed by atoms with van der Waals surface area (Å²) >= 11 is 5.85. The van der Waals surface area contributed by atoms with E-state index in [0.717, 1.165) is 0 Å². The Morgan fingerprint density at radius 1 is 1.13 bits per heavy atom. The van der Waals surface area contributed by atoms with Crippen molar-refractivity contribution in [3.05, 3.63) is 41.4 Å². The fourth-order valence-electron chi connectivity index (χ4n) is 1.09. The summed E-state index contributed by atoms with van der Waals surface area (Å²) in [6.07, 6.45) is 4.52. The first kappa shape index (κ1) is 9.56. The molecule has 0 unspecified atom stereocenters. The van der Waals surface area contributed by atoms with E-state index in [0.29, 0.717) is 22.1 Å². The fourth-order valence-corrected chi connectivity index (χ4v) is 1.29. The summed E-state index contributed by atoms with van der Waals surface area (Å²) in [5.41, 5.74) is 1.62. The highest BCUT2D eigenvalue weighted by molar-refractivity contribution is 6.31. The van der Waals surface area contributed by atoms with Gasteiger partial charge in [-0.15, -0.1) is 0 Å². The van der Waals surface area contributed by atoms with Gasteiger partial charge in [-0.2, -0.15) is 5.26 Å². The second-order valence-electron chi connectivity index (χ2n) is 2.74. The standard InChI is InChI=1S/C10H5ClN4/c11-10-9(13-3-4-14-10)8-2-1-7(5-12)6-15-8/h1-4,6H. The van der Waals surface area contributed by atoms with Crippen molar-refractivity contribution in [2.24, 2.45) is 0 Å². The third kappa shape index (κ3) is 1.92. The third-order valence-corrected chi connectivity index (χ3v) is 2.07. The zero-order valence-electron chi connectivity index (χ0n) is 7.55. The van der Waals surface area contributed by atoms with Crippen molar-refractivity contribution < 1.29 is 0 Å². The van der Waals surface area contributed by atoms with Gasteiger partial charge in [-0.3, -0.25) is 4.98 Å². The van der Waals surface area contributed by atoms with Crippen LogP contribution in [0, 0.1) is 11.3 Å². The molecule has 2 aromatic rings. The largest absolute Gasteiger partial charge is 0.253 e. The van der Waals surface area contributed by atoms with Crippen molar-refractivity contribution in [1.82, 2.24) is 15.0 Å². The summed E-state index contributed by atoms with van der Waals surface area (Å²) in [7, 11) is 0. The van der Waals surface area contributed by atoms with E-state index in [1.165, 1.54) is 12.4 Å². The number of nitriles is 1. The summed E-state index contributed by atoms with van der Waals surface area (Å²) in [5, 5.41) is 8.91. The van der Waals surface area contributed by atoms with Crippen molar-refractivity contribution >= 4 is 11.6 Å². The molecule has 0 fully saturated rings. The Morgan fingerprint density at radius 2 is 1.93 bits per heavy atom. The highest BCUT2D eigenvalue weighted by Gasteiger charge is 2.06. The zero-order valence-corrected chi connectivity index (χ0v) is 8.31. The predicted octanol–water partition coefficient (Wildman–Crippen LogP) is 2.06. The third-order valence-electron chi connectivity index (χ3n) is 1.79. The van der Waals surface area contributed by atoms with Crippen molar-refractivity contribution in [2.45, 2.75) is 0 Å². The lowest BCUT2D eigenvalue weighted by Gasteiger charge is -2.00. The van der Waals surface area contributed by atoms with Crippen LogP contribution in [0.4, 0.5) is 0 Å². The molecule has 2 aromatic heterocycles. The topological polar surface area (TPSA) is 62.5 Å². The van der Waals surface area contributed by atoms with Crippen LogP contribution < -0.4 is 0 Å². The van der Waals surface area contributed by atoms with Gasteiger partial charge in [0.05, 0.1) is 11.3 Å².